The van der Waals surface area contributed by atoms with Crippen molar-refractivity contribution in [2.24, 2.45) is 0 Å². The minimum atomic E-state index is -1.60. The van der Waals surface area contributed by atoms with Gasteiger partial charge in [0.25, 0.3) is 8.48 Å². The van der Waals surface area contributed by atoms with Crippen LogP contribution in [0, 0.1) is 0 Å². The lowest BCUT2D eigenvalue weighted by Crippen LogP contribution is -2.54. The SMILES string of the molecule is CCCC[Si](C)(C)O[Si](C)(C)NCCC. The minimum absolute atomic E-state index is 1.09. The molecule has 1 N–H and O–H groups in total. The summed E-state index contributed by atoms with van der Waals surface area (Å²) in [4.78, 5) is 3.59. The summed E-state index contributed by atoms with van der Waals surface area (Å²) in [5.41, 5.74) is 0. The van der Waals surface area contributed by atoms with Crippen molar-refractivity contribution in [1.82, 2.24) is 4.98 Å². The first-order valence-electron chi connectivity index (χ1n) is 6.28. The molecule has 0 unspecified atom stereocenters. The second kappa shape index (κ2) is 6.83. The van der Waals surface area contributed by atoms with Crippen molar-refractivity contribution >= 4 is 16.8 Å². The molecule has 0 heterocycles. The fourth-order valence-corrected chi connectivity index (χ4v) is 10.1. The first kappa shape index (κ1) is 15.4. The highest BCUT2D eigenvalue weighted by atomic mass is 28.4. The average Bonchev–Trinajstić information content (AvgIpc) is 2.10. The fraction of sp³-hybridized carbons (Fsp3) is 1.00. The minimum Gasteiger partial charge on any atom is -0.445 e. The molecular formula is C11H29NOSi2. The normalized spacial score (nSPS) is 13.2. The van der Waals surface area contributed by atoms with Gasteiger partial charge in [-0.15, -0.1) is 0 Å². The molecule has 0 aromatic rings. The Morgan fingerprint density at radius 1 is 1.00 bits per heavy atom. The van der Waals surface area contributed by atoms with Crippen LogP contribution < -0.4 is 4.98 Å². The largest absolute Gasteiger partial charge is 0.445 e. The van der Waals surface area contributed by atoms with Crippen molar-refractivity contribution in [3.05, 3.63) is 0 Å². The molecule has 0 aromatic carbocycles. The van der Waals surface area contributed by atoms with Gasteiger partial charge in [0.05, 0.1) is 0 Å². The molecule has 0 aliphatic carbocycles. The van der Waals surface area contributed by atoms with Crippen molar-refractivity contribution in [1.29, 1.82) is 0 Å². The maximum Gasteiger partial charge on any atom is 0.251 e. The van der Waals surface area contributed by atoms with Gasteiger partial charge >= 0.3 is 0 Å². The van der Waals surface area contributed by atoms with E-state index in [1.165, 1.54) is 25.3 Å². The van der Waals surface area contributed by atoms with Gasteiger partial charge in [-0.2, -0.15) is 0 Å². The predicted molar refractivity (Wildman–Crippen MR) is 74.1 cm³/mol. The molecule has 92 valence electrons. The van der Waals surface area contributed by atoms with E-state index in [0.717, 1.165) is 6.54 Å². The smallest absolute Gasteiger partial charge is 0.251 e. The molecule has 0 bridgehead atoms. The van der Waals surface area contributed by atoms with Gasteiger partial charge in [0, 0.05) is 0 Å². The molecule has 2 nitrogen and oxygen atoms in total. The molecule has 0 saturated heterocycles. The van der Waals surface area contributed by atoms with E-state index >= 15 is 0 Å². The van der Waals surface area contributed by atoms with Crippen LogP contribution in [0.5, 0.6) is 0 Å². The zero-order valence-corrected chi connectivity index (χ0v) is 13.4. The summed E-state index contributed by atoms with van der Waals surface area (Å²) in [6.45, 7) is 14.8. The van der Waals surface area contributed by atoms with Crippen molar-refractivity contribution in [2.45, 2.75) is 65.3 Å². The molecule has 0 spiro atoms. The van der Waals surface area contributed by atoms with Crippen molar-refractivity contribution in [2.75, 3.05) is 6.54 Å². The fourth-order valence-electron chi connectivity index (χ4n) is 1.81. The molecule has 0 atom stereocenters. The van der Waals surface area contributed by atoms with Gasteiger partial charge < -0.3 is 9.10 Å². The standard InChI is InChI=1S/C11H29NOSi2/c1-7-9-11-14(3,4)13-15(5,6)12-10-8-2/h12H,7-11H2,1-6H3. The Balaban J connectivity index is 4.04. The van der Waals surface area contributed by atoms with Crippen LogP contribution in [0.2, 0.25) is 32.2 Å². The highest BCUT2D eigenvalue weighted by Crippen LogP contribution is 2.19. The van der Waals surface area contributed by atoms with Crippen LogP contribution in [0.15, 0.2) is 0 Å². The van der Waals surface area contributed by atoms with Crippen LogP contribution in [0.3, 0.4) is 0 Å². The predicted octanol–water partition coefficient (Wildman–Crippen LogP) is 3.71. The summed E-state index contributed by atoms with van der Waals surface area (Å²) >= 11 is 0. The Labute approximate surface area is 98.1 Å². The first-order chi connectivity index (χ1) is 6.83. The topological polar surface area (TPSA) is 21.3 Å². The van der Waals surface area contributed by atoms with Gasteiger partial charge in [0.15, 0.2) is 8.32 Å². The molecule has 0 aliphatic heterocycles. The summed E-state index contributed by atoms with van der Waals surface area (Å²) in [6.07, 6.45) is 3.79. The lowest BCUT2D eigenvalue weighted by molar-refractivity contribution is 0.512. The Bertz CT molecular complexity index is 154. The first-order valence-corrected chi connectivity index (χ1v) is 12.3. The van der Waals surface area contributed by atoms with Crippen molar-refractivity contribution in [3.8, 4) is 0 Å². The Morgan fingerprint density at radius 3 is 2.07 bits per heavy atom. The van der Waals surface area contributed by atoms with E-state index in [1.54, 1.807) is 0 Å². The van der Waals surface area contributed by atoms with Gasteiger partial charge in [0.1, 0.15) is 0 Å². The van der Waals surface area contributed by atoms with Crippen LogP contribution in [-0.2, 0) is 4.12 Å². The Hall–Kier alpha value is 0.354. The Morgan fingerprint density at radius 2 is 1.60 bits per heavy atom. The number of hydrogen-bond donors (Lipinski definition) is 1. The van der Waals surface area contributed by atoms with Gasteiger partial charge in [0.2, 0.25) is 0 Å². The molecule has 4 heteroatoms. The molecule has 0 radical (unpaired) electrons. The van der Waals surface area contributed by atoms with E-state index in [2.05, 4.69) is 45.0 Å². The van der Waals surface area contributed by atoms with Gasteiger partial charge in [-0.3, -0.25) is 0 Å². The molecule has 15 heavy (non-hydrogen) atoms. The van der Waals surface area contributed by atoms with Crippen LogP contribution in [0.1, 0.15) is 33.1 Å². The number of nitrogens with one attached hydrogen (secondary N) is 1. The molecule has 0 amide bonds. The Kier molecular flexibility index (Phi) is 6.99. The van der Waals surface area contributed by atoms with Gasteiger partial charge in [-0.1, -0.05) is 26.7 Å². The van der Waals surface area contributed by atoms with E-state index < -0.39 is 16.8 Å². The molecular weight excluding hydrogens is 218 g/mol. The third-order valence-electron chi connectivity index (χ3n) is 2.46. The number of unbranched alkanes of at least 4 members (excludes halogenated alkanes) is 1. The lowest BCUT2D eigenvalue weighted by atomic mass is 10.4. The summed E-state index contributed by atoms with van der Waals surface area (Å²) < 4.78 is 6.40. The van der Waals surface area contributed by atoms with Crippen molar-refractivity contribution < 1.29 is 4.12 Å². The van der Waals surface area contributed by atoms with Crippen molar-refractivity contribution in [3.63, 3.8) is 0 Å². The maximum atomic E-state index is 6.40. The third kappa shape index (κ3) is 8.19. The molecule has 0 aliphatic rings. The number of rotatable bonds is 8. The summed E-state index contributed by atoms with van der Waals surface area (Å²) in [6, 6.07) is 1.30. The van der Waals surface area contributed by atoms with E-state index in [9.17, 15) is 0 Å². The summed E-state index contributed by atoms with van der Waals surface area (Å²) in [5.74, 6) is 0. The lowest BCUT2D eigenvalue weighted by Gasteiger charge is -2.34. The van der Waals surface area contributed by atoms with Gasteiger partial charge in [-0.05, 0) is 45.2 Å². The maximum absolute atomic E-state index is 6.40. The third-order valence-corrected chi connectivity index (χ3v) is 9.38. The highest BCUT2D eigenvalue weighted by molar-refractivity contribution is 6.83. The quantitative estimate of drug-likeness (QED) is 0.660. The summed E-state index contributed by atoms with van der Waals surface area (Å²) in [7, 11) is -3.01. The molecule has 0 saturated carbocycles. The van der Waals surface area contributed by atoms with E-state index in [-0.39, 0.29) is 0 Å². The molecule has 0 fully saturated rings. The second-order valence-electron chi connectivity index (χ2n) is 5.40. The van der Waals surface area contributed by atoms with Crippen LogP contribution >= 0.6 is 0 Å². The zero-order chi connectivity index (χ0) is 11.9. The van der Waals surface area contributed by atoms with E-state index in [4.69, 9.17) is 4.12 Å². The second-order valence-corrected chi connectivity index (χ2v) is 13.6. The van der Waals surface area contributed by atoms with E-state index in [1.807, 2.05) is 0 Å². The zero-order valence-electron chi connectivity index (χ0n) is 11.4. The van der Waals surface area contributed by atoms with Crippen LogP contribution in [0.25, 0.3) is 0 Å². The molecule has 0 rings (SSSR count). The molecule has 0 aromatic heterocycles. The van der Waals surface area contributed by atoms with Crippen LogP contribution in [-0.4, -0.2) is 23.3 Å². The monoisotopic (exact) mass is 247 g/mol. The number of hydrogen-bond acceptors (Lipinski definition) is 2. The van der Waals surface area contributed by atoms with E-state index in [0.29, 0.717) is 0 Å². The average molecular weight is 248 g/mol. The van der Waals surface area contributed by atoms with Gasteiger partial charge in [-0.25, -0.2) is 0 Å². The van der Waals surface area contributed by atoms with Crippen LogP contribution in [0.4, 0.5) is 0 Å². The highest BCUT2D eigenvalue weighted by Gasteiger charge is 2.32. The summed E-state index contributed by atoms with van der Waals surface area (Å²) in [5, 5.41) is 0.